The van der Waals surface area contributed by atoms with Crippen molar-refractivity contribution in [2.75, 3.05) is 22.9 Å². The van der Waals surface area contributed by atoms with Crippen LogP contribution in [0.15, 0.2) is 18.2 Å². The summed E-state index contributed by atoms with van der Waals surface area (Å²) in [5.41, 5.74) is 2.27. The third-order valence-corrected chi connectivity index (χ3v) is 3.78. The van der Waals surface area contributed by atoms with Gasteiger partial charge in [0.15, 0.2) is 0 Å². The van der Waals surface area contributed by atoms with E-state index in [-0.39, 0.29) is 12.3 Å². The molecule has 1 saturated heterocycles. The Hall–Kier alpha value is -2.57. The molecule has 7 heteroatoms. The van der Waals surface area contributed by atoms with E-state index in [0.717, 1.165) is 18.4 Å². The van der Waals surface area contributed by atoms with Crippen molar-refractivity contribution in [2.24, 2.45) is 0 Å². The highest BCUT2D eigenvalue weighted by Crippen LogP contribution is 2.31. The van der Waals surface area contributed by atoms with Gasteiger partial charge in [-0.2, -0.15) is 0 Å². The standard InChI is InChI=1S/C14H15N3O4/c18-12-5-7-16(13(19)15-12)10-3-4-11-9(8-10)2-1-6-17(11)14(20)21/h3-4,8H,1-2,5-7H2,(H,20,21)(H,15,18,19). The van der Waals surface area contributed by atoms with Crippen LogP contribution in [0.2, 0.25) is 0 Å². The number of anilines is 2. The highest BCUT2D eigenvalue weighted by Gasteiger charge is 2.27. The first kappa shape index (κ1) is 13.4. The first-order chi connectivity index (χ1) is 10.1. The number of imide groups is 1. The van der Waals surface area contributed by atoms with Crippen LogP contribution in [0.3, 0.4) is 0 Å². The Bertz CT molecular complexity index is 629. The number of carbonyl (C=O) groups is 3. The summed E-state index contributed by atoms with van der Waals surface area (Å²) in [5, 5.41) is 11.5. The lowest BCUT2D eigenvalue weighted by molar-refractivity contribution is -0.120. The Balaban J connectivity index is 1.91. The van der Waals surface area contributed by atoms with Crippen molar-refractivity contribution in [2.45, 2.75) is 19.3 Å². The fourth-order valence-electron chi connectivity index (χ4n) is 2.76. The van der Waals surface area contributed by atoms with E-state index in [4.69, 9.17) is 0 Å². The van der Waals surface area contributed by atoms with Crippen LogP contribution in [-0.4, -0.2) is 36.2 Å². The summed E-state index contributed by atoms with van der Waals surface area (Å²) in [4.78, 5) is 37.0. The Labute approximate surface area is 121 Å². The molecule has 7 nitrogen and oxygen atoms in total. The SMILES string of the molecule is O=C1CCN(c2ccc3c(c2)CCCN3C(=O)O)C(=O)N1. The van der Waals surface area contributed by atoms with Gasteiger partial charge in [-0.25, -0.2) is 9.59 Å². The molecule has 0 aliphatic carbocycles. The second-order valence-electron chi connectivity index (χ2n) is 5.11. The minimum Gasteiger partial charge on any atom is -0.465 e. The van der Waals surface area contributed by atoms with Crippen LogP contribution < -0.4 is 15.1 Å². The average Bonchev–Trinajstić information content (AvgIpc) is 2.46. The van der Waals surface area contributed by atoms with Crippen molar-refractivity contribution in [1.82, 2.24) is 5.32 Å². The predicted octanol–water partition coefficient (Wildman–Crippen LogP) is 1.56. The molecule has 0 saturated carbocycles. The maximum atomic E-state index is 11.8. The topological polar surface area (TPSA) is 90.0 Å². The van der Waals surface area contributed by atoms with Crippen LogP contribution in [0, 0.1) is 0 Å². The molecular formula is C14H15N3O4. The molecule has 0 bridgehead atoms. The summed E-state index contributed by atoms with van der Waals surface area (Å²) in [6.07, 6.45) is 0.837. The second kappa shape index (κ2) is 5.08. The highest BCUT2D eigenvalue weighted by atomic mass is 16.4. The van der Waals surface area contributed by atoms with E-state index in [1.54, 1.807) is 12.1 Å². The Morgan fingerprint density at radius 2 is 2.00 bits per heavy atom. The van der Waals surface area contributed by atoms with E-state index in [1.165, 1.54) is 9.80 Å². The zero-order chi connectivity index (χ0) is 15.0. The van der Waals surface area contributed by atoms with Gasteiger partial charge in [-0.05, 0) is 36.6 Å². The fourth-order valence-corrected chi connectivity index (χ4v) is 2.76. The molecule has 2 N–H and O–H groups in total. The maximum Gasteiger partial charge on any atom is 0.411 e. The van der Waals surface area contributed by atoms with Crippen LogP contribution in [0.4, 0.5) is 21.0 Å². The molecule has 0 unspecified atom stereocenters. The molecule has 2 heterocycles. The molecule has 1 aromatic rings. The van der Waals surface area contributed by atoms with Crippen LogP contribution >= 0.6 is 0 Å². The number of urea groups is 1. The molecule has 3 rings (SSSR count). The Morgan fingerprint density at radius 1 is 1.19 bits per heavy atom. The Kier molecular flexibility index (Phi) is 3.25. The second-order valence-corrected chi connectivity index (χ2v) is 5.11. The van der Waals surface area contributed by atoms with Crippen molar-refractivity contribution >= 4 is 29.4 Å². The van der Waals surface area contributed by atoms with Crippen LogP contribution in [0.5, 0.6) is 0 Å². The van der Waals surface area contributed by atoms with Gasteiger partial charge in [-0.1, -0.05) is 0 Å². The summed E-state index contributed by atoms with van der Waals surface area (Å²) >= 11 is 0. The molecule has 0 atom stereocenters. The quantitative estimate of drug-likeness (QED) is 0.821. The monoisotopic (exact) mass is 289 g/mol. The van der Waals surface area contributed by atoms with Crippen LogP contribution in [-0.2, 0) is 11.2 Å². The van der Waals surface area contributed by atoms with Gasteiger partial charge in [-0.15, -0.1) is 0 Å². The third kappa shape index (κ3) is 2.42. The predicted molar refractivity (Wildman–Crippen MR) is 75.6 cm³/mol. The largest absolute Gasteiger partial charge is 0.465 e. The van der Waals surface area contributed by atoms with Gasteiger partial charge in [-0.3, -0.25) is 19.9 Å². The van der Waals surface area contributed by atoms with E-state index in [0.29, 0.717) is 24.5 Å². The lowest BCUT2D eigenvalue weighted by atomic mass is 10.0. The number of amides is 4. The Morgan fingerprint density at radius 3 is 2.71 bits per heavy atom. The molecule has 2 aliphatic heterocycles. The van der Waals surface area contributed by atoms with Crippen molar-refractivity contribution in [1.29, 1.82) is 0 Å². The number of carbonyl (C=O) groups excluding carboxylic acids is 2. The minimum absolute atomic E-state index is 0.268. The van der Waals surface area contributed by atoms with Gasteiger partial charge in [0.2, 0.25) is 5.91 Å². The van der Waals surface area contributed by atoms with Crippen molar-refractivity contribution < 1.29 is 19.5 Å². The van der Waals surface area contributed by atoms with Gasteiger partial charge in [0.1, 0.15) is 0 Å². The number of hydrogen-bond donors (Lipinski definition) is 2. The number of hydrogen-bond acceptors (Lipinski definition) is 3. The number of nitrogens with one attached hydrogen (secondary N) is 1. The van der Waals surface area contributed by atoms with E-state index in [2.05, 4.69) is 5.32 Å². The van der Waals surface area contributed by atoms with Gasteiger partial charge < -0.3 is 5.11 Å². The summed E-state index contributed by atoms with van der Waals surface area (Å²) in [5.74, 6) is -0.272. The van der Waals surface area contributed by atoms with Gasteiger partial charge in [0.05, 0.1) is 5.69 Å². The van der Waals surface area contributed by atoms with Gasteiger partial charge in [0, 0.05) is 25.2 Å². The zero-order valence-corrected chi connectivity index (χ0v) is 11.3. The van der Waals surface area contributed by atoms with E-state index in [9.17, 15) is 19.5 Å². The summed E-state index contributed by atoms with van der Waals surface area (Å²) < 4.78 is 0. The number of nitrogens with zero attached hydrogens (tertiary/aromatic N) is 2. The summed E-state index contributed by atoms with van der Waals surface area (Å²) in [6.45, 7) is 0.826. The zero-order valence-electron chi connectivity index (χ0n) is 11.3. The molecule has 0 aromatic heterocycles. The molecule has 1 fully saturated rings. The van der Waals surface area contributed by atoms with E-state index < -0.39 is 12.1 Å². The van der Waals surface area contributed by atoms with Crippen molar-refractivity contribution in [3.05, 3.63) is 23.8 Å². The lowest BCUT2D eigenvalue weighted by Gasteiger charge is -2.30. The number of rotatable bonds is 1. The first-order valence-corrected chi connectivity index (χ1v) is 6.81. The number of benzene rings is 1. The van der Waals surface area contributed by atoms with Gasteiger partial charge in [0.25, 0.3) is 0 Å². The maximum absolute atomic E-state index is 11.8. The van der Waals surface area contributed by atoms with E-state index >= 15 is 0 Å². The number of aryl methyl sites for hydroxylation is 1. The molecule has 0 radical (unpaired) electrons. The normalized spacial score (nSPS) is 18.3. The number of fused-ring (bicyclic) bond motifs is 1. The minimum atomic E-state index is -0.968. The first-order valence-electron chi connectivity index (χ1n) is 6.81. The lowest BCUT2D eigenvalue weighted by Crippen LogP contribution is -2.49. The van der Waals surface area contributed by atoms with E-state index in [1.807, 2.05) is 6.07 Å². The van der Waals surface area contributed by atoms with Crippen LogP contribution in [0.1, 0.15) is 18.4 Å². The van der Waals surface area contributed by atoms with Crippen molar-refractivity contribution in [3.8, 4) is 0 Å². The van der Waals surface area contributed by atoms with Crippen LogP contribution in [0.25, 0.3) is 0 Å². The molecule has 21 heavy (non-hydrogen) atoms. The molecular weight excluding hydrogens is 274 g/mol. The highest BCUT2D eigenvalue weighted by molar-refractivity contribution is 6.05. The molecule has 110 valence electrons. The molecule has 1 aromatic carbocycles. The van der Waals surface area contributed by atoms with Crippen molar-refractivity contribution in [3.63, 3.8) is 0 Å². The summed E-state index contributed by atoms with van der Waals surface area (Å²) in [7, 11) is 0. The number of carboxylic acid groups (broad SMARTS) is 1. The molecule has 4 amide bonds. The summed E-state index contributed by atoms with van der Waals surface area (Å²) in [6, 6.07) is 4.84. The smallest absolute Gasteiger partial charge is 0.411 e. The fraction of sp³-hybridized carbons (Fsp3) is 0.357. The molecule has 2 aliphatic rings. The molecule has 0 spiro atoms. The van der Waals surface area contributed by atoms with Gasteiger partial charge >= 0.3 is 12.1 Å². The third-order valence-electron chi connectivity index (χ3n) is 3.78. The average molecular weight is 289 g/mol.